The van der Waals surface area contributed by atoms with Crippen molar-refractivity contribution in [3.05, 3.63) is 53.2 Å². The third-order valence-electron chi connectivity index (χ3n) is 6.09. The van der Waals surface area contributed by atoms with E-state index < -0.39 is 0 Å². The van der Waals surface area contributed by atoms with Crippen LogP contribution < -0.4 is 4.90 Å². The van der Waals surface area contributed by atoms with Crippen LogP contribution in [0.3, 0.4) is 0 Å². The lowest BCUT2D eigenvalue weighted by molar-refractivity contribution is -0.123. The number of carbonyl (C=O) groups excluding carboxylic acids is 1. The number of nitrogens with zero attached hydrogens (tertiary/aromatic N) is 5. The third kappa shape index (κ3) is 3.22. The summed E-state index contributed by atoms with van der Waals surface area (Å²) in [6.45, 7) is 5.96. The summed E-state index contributed by atoms with van der Waals surface area (Å²) in [5.74, 6) is 1.27. The Morgan fingerprint density at radius 1 is 1.21 bits per heavy atom. The van der Waals surface area contributed by atoms with Crippen LogP contribution in [0.1, 0.15) is 55.8 Å². The summed E-state index contributed by atoms with van der Waals surface area (Å²) in [5, 5.41) is 17.0. The average molecular weight is 375 g/mol. The van der Waals surface area contributed by atoms with Crippen LogP contribution in [0, 0.1) is 11.3 Å². The molecule has 144 valence electrons. The number of nitriles is 1. The summed E-state index contributed by atoms with van der Waals surface area (Å²) in [5.41, 5.74) is 2.72. The van der Waals surface area contributed by atoms with Gasteiger partial charge in [-0.15, -0.1) is 10.2 Å². The molecule has 2 aromatic rings. The summed E-state index contributed by atoms with van der Waals surface area (Å²) in [6, 6.07) is 14.4. The predicted molar refractivity (Wildman–Crippen MR) is 107 cm³/mol. The van der Waals surface area contributed by atoms with E-state index in [0.29, 0.717) is 11.6 Å². The molecule has 1 aromatic carbocycles. The Balaban J connectivity index is 1.51. The van der Waals surface area contributed by atoms with Crippen LogP contribution in [-0.2, 0) is 10.3 Å². The highest BCUT2D eigenvalue weighted by atomic mass is 16.1. The van der Waals surface area contributed by atoms with Crippen LogP contribution in [0.25, 0.3) is 0 Å². The fourth-order valence-corrected chi connectivity index (χ4v) is 4.26. The molecular weight excluding hydrogens is 350 g/mol. The van der Waals surface area contributed by atoms with E-state index in [1.54, 1.807) is 6.07 Å². The third-order valence-corrected chi connectivity index (χ3v) is 6.09. The van der Waals surface area contributed by atoms with Gasteiger partial charge in [0, 0.05) is 13.1 Å². The molecule has 1 aliphatic heterocycles. The first-order valence-electron chi connectivity index (χ1n) is 9.90. The fourth-order valence-electron chi connectivity index (χ4n) is 4.26. The molecular formula is C22H25N5O. The number of hydrogen-bond donors (Lipinski definition) is 0. The zero-order chi connectivity index (χ0) is 19.7. The molecule has 2 aliphatic rings. The smallest absolute Gasteiger partial charge is 0.210 e. The minimum Gasteiger partial charge on any atom is -0.353 e. The van der Waals surface area contributed by atoms with Crippen molar-refractivity contribution in [3.63, 3.8) is 0 Å². The zero-order valence-corrected chi connectivity index (χ0v) is 16.4. The van der Waals surface area contributed by atoms with Gasteiger partial charge in [0.1, 0.15) is 6.07 Å². The van der Waals surface area contributed by atoms with Gasteiger partial charge in [-0.05, 0) is 48.4 Å². The lowest BCUT2D eigenvalue weighted by atomic mass is 9.96. The molecule has 1 saturated carbocycles. The largest absolute Gasteiger partial charge is 0.353 e. The van der Waals surface area contributed by atoms with Gasteiger partial charge in [-0.3, -0.25) is 4.79 Å². The second-order valence-electron chi connectivity index (χ2n) is 8.10. The minimum atomic E-state index is -0.158. The summed E-state index contributed by atoms with van der Waals surface area (Å²) >= 11 is 0. The highest BCUT2D eigenvalue weighted by Gasteiger charge is 2.52. The Morgan fingerprint density at radius 3 is 2.50 bits per heavy atom. The van der Waals surface area contributed by atoms with Gasteiger partial charge in [-0.25, -0.2) is 0 Å². The van der Waals surface area contributed by atoms with Crippen LogP contribution in [-0.4, -0.2) is 40.6 Å². The van der Waals surface area contributed by atoms with Gasteiger partial charge in [0.15, 0.2) is 11.5 Å². The Bertz CT molecular complexity index is 881. The van der Waals surface area contributed by atoms with Gasteiger partial charge in [-0.2, -0.15) is 5.26 Å². The van der Waals surface area contributed by atoms with Crippen molar-refractivity contribution in [2.24, 2.45) is 0 Å². The van der Waals surface area contributed by atoms with Gasteiger partial charge >= 0.3 is 0 Å². The first kappa shape index (κ1) is 18.4. The van der Waals surface area contributed by atoms with Gasteiger partial charge in [0.05, 0.1) is 11.6 Å². The van der Waals surface area contributed by atoms with Crippen LogP contribution in [0.2, 0.25) is 0 Å². The maximum atomic E-state index is 12.1. The highest BCUT2D eigenvalue weighted by molar-refractivity contribution is 5.55. The SMILES string of the molecule is CC(C)c1ccc(C2(N(C=O)[C@H]3CCN(c4ccc(C#N)nn4)C3)CC2)cc1. The fraction of sp³-hybridized carbons (Fsp3) is 0.455. The molecule has 0 bridgehead atoms. The van der Waals surface area contributed by atoms with Crippen molar-refractivity contribution >= 4 is 12.2 Å². The molecule has 0 spiro atoms. The molecule has 1 atom stereocenters. The van der Waals surface area contributed by atoms with E-state index >= 15 is 0 Å². The quantitative estimate of drug-likeness (QED) is 0.725. The van der Waals surface area contributed by atoms with Crippen molar-refractivity contribution in [2.45, 2.75) is 50.6 Å². The number of carbonyl (C=O) groups is 1. The van der Waals surface area contributed by atoms with Crippen LogP contribution in [0.5, 0.6) is 0 Å². The van der Waals surface area contributed by atoms with Gasteiger partial charge < -0.3 is 9.80 Å². The standard InChI is InChI=1S/C22H25N5O/c1-16(2)17-3-5-18(6-4-17)22(10-11-22)27(15-28)20-9-12-26(14-20)21-8-7-19(13-23)24-25-21/h3-8,15-16,20H,9-12,14H2,1-2H3/t20-/m0/s1. The summed E-state index contributed by atoms with van der Waals surface area (Å²) in [6.07, 6.45) is 3.97. The van der Waals surface area contributed by atoms with Crippen molar-refractivity contribution < 1.29 is 4.79 Å². The van der Waals surface area contributed by atoms with Gasteiger partial charge in [0.25, 0.3) is 0 Å². The lowest BCUT2D eigenvalue weighted by Crippen LogP contribution is -2.44. The molecule has 2 fully saturated rings. The summed E-state index contributed by atoms with van der Waals surface area (Å²) in [7, 11) is 0. The first-order valence-corrected chi connectivity index (χ1v) is 9.90. The van der Waals surface area contributed by atoms with E-state index in [1.807, 2.05) is 17.0 Å². The molecule has 28 heavy (non-hydrogen) atoms. The molecule has 0 unspecified atom stereocenters. The van der Waals surface area contributed by atoms with E-state index in [0.717, 1.165) is 44.6 Å². The van der Waals surface area contributed by atoms with Crippen LogP contribution >= 0.6 is 0 Å². The van der Waals surface area contributed by atoms with E-state index in [2.05, 4.69) is 53.2 Å². The van der Waals surface area contributed by atoms with E-state index in [-0.39, 0.29) is 11.6 Å². The van der Waals surface area contributed by atoms with Crippen molar-refractivity contribution in [3.8, 4) is 6.07 Å². The second-order valence-corrected chi connectivity index (χ2v) is 8.10. The second kappa shape index (κ2) is 7.23. The number of hydrogen-bond acceptors (Lipinski definition) is 5. The zero-order valence-electron chi connectivity index (χ0n) is 16.4. The maximum Gasteiger partial charge on any atom is 0.210 e. The van der Waals surface area contributed by atoms with E-state index in [1.165, 1.54) is 11.1 Å². The Morgan fingerprint density at radius 2 is 1.96 bits per heavy atom. The van der Waals surface area contributed by atoms with E-state index in [9.17, 15) is 4.79 Å². The molecule has 1 amide bonds. The number of aromatic nitrogens is 2. The number of benzene rings is 1. The molecule has 0 N–H and O–H groups in total. The van der Waals surface area contributed by atoms with Gasteiger partial charge in [0.2, 0.25) is 6.41 Å². The number of rotatable bonds is 6. The molecule has 1 aromatic heterocycles. The molecule has 6 nitrogen and oxygen atoms in total. The Kier molecular flexibility index (Phi) is 4.76. The highest BCUT2D eigenvalue weighted by Crippen LogP contribution is 2.52. The number of amides is 1. The Hall–Kier alpha value is -2.94. The summed E-state index contributed by atoms with van der Waals surface area (Å²) in [4.78, 5) is 16.3. The normalized spacial score (nSPS) is 20.1. The van der Waals surface area contributed by atoms with Crippen LogP contribution in [0.4, 0.5) is 5.82 Å². The molecule has 0 radical (unpaired) electrons. The monoisotopic (exact) mass is 375 g/mol. The van der Waals surface area contributed by atoms with Crippen molar-refractivity contribution in [1.82, 2.24) is 15.1 Å². The molecule has 1 saturated heterocycles. The Labute approximate surface area is 165 Å². The average Bonchev–Trinajstić information content (AvgIpc) is 3.38. The molecule has 1 aliphatic carbocycles. The first-order chi connectivity index (χ1) is 13.6. The number of anilines is 1. The minimum absolute atomic E-state index is 0.155. The summed E-state index contributed by atoms with van der Waals surface area (Å²) < 4.78 is 0. The predicted octanol–water partition coefficient (Wildman–Crippen LogP) is 3.20. The molecule has 2 heterocycles. The van der Waals surface area contributed by atoms with Crippen molar-refractivity contribution in [2.75, 3.05) is 18.0 Å². The molecule has 6 heteroatoms. The van der Waals surface area contributed by atoms with Crippen LogP contribution in [0.15, 0.2) is 36.4 Å². The van der Waals surface area contributed by atoms with Gasteiger partial charge in [-0.1, -0.05) is 38.1 Å². The maximum absolute atomic E-state index is 12.1. The lowest BCUT2D eigenvalue weighted by Gasteiger charge is -2.34. The van der Waals surface area contributed by atoms with E-state index in [4.69, 9.17) is 5.26 Å². The topological polar surface area (TPSA) is 73.1 Å². The van der Waals surface area contributed by atoms with Crippen molar-refractivity contribution in [1.29, 1.82) is 5.26 Å². The molecule has 4 rings (SSSR count).